The van der Waals surface area contributed by atoms with Gasteiger partial charge in [-0.15, -0.1) is 0 Å². The van der Waals surface area contributed by atoms with Gasteiger partial charge in [0.1, 0.15) is 29.8 Å². The van der Waals surface area contributed by atoms with Crippen molar-refractivity contribution < 1.29 is 23.7 Å². The number of hydrogen-bond donors (Lipinski definition) is 0. The number of hydrogen-bond acceptors (Lipinski definition) is 5. The highest BCUT2D eigenvalue weighted by Gasteiger charge is 2.41. The summed E-state index contributed by atoms with van der Waals surface area (Å²) >= 11 is 6.62. The number of rotatable bonds is 10. The third kappa shape index (κ3) is 6.41. The van der Waals surface area contributed by atoms with Crippen molar-refractivity contribution in [3.8, 4) is 5.75 Å². The van der Waals surface area contributed by atoms with E-state index in [2.05, 4.69) is 25.1 Å². The summed E-state index contributed by atoms with van der Waals surface area (Å²) in [6, 6.07) is 24.2. The summed E-state index contributed by atoms with van der Waals surface area (Å²) in [6.45, 7) is 5.85. The van der Waals surface area contributed by atoms with E-state index >= 15 is 0 Å². The summed E-state index contributed by atoms with van der Waals surface area (Å²) in [5, 5.41) is 0.731. The van der Waals surface area contributed by atoms with Gasteiger partial charge in [-0.1, -0.05) is 79.5 Å². The zero-order valence-corrected chi connectivity index (χ0v) is 22.7. The Kier molecular flexibility index (Phi) is 9.02. The maximum Gasteiger partial charge on any atom is 0.184 e. The van der Waals surface area contributed by atoms with Gasteiger partial charge >= 0.3 is 0 Å². The number of halogens is 1. The van der Waals surface area contributed by atoms with Gasteiger partial charge in [-0.05, 0) is 60.7 Å². The van der Waals surface area contributed by atoms with Gasteiger partial charge in [0.2, 0.25) is 0 Å². The molecule has 1 fully saturated rings. The van der Waals surface area contributed by atoms with E-state index < -0.39 is 6.29 Å². The van der Waals surface area contributed by atoms with Crippen molar-refractivity contribution in [2.75, 3.05) is 19.8 Å². The van der Waals surface area contributed by atoms with Crippen molar-refractivity contribution in [3.63, 3.8) is 0 Å². The second-order valence-corrected chi connectivity index (χ2v) is 10.0. The maximum atomic E-state index is 6.62. The normalized spacial score (nSPS) is 22.9. The molecule has 2 aliphatic heterocycles. The van der Waals surface area contributed by atoms with Crippen LogP contribution in [0.15, 0.2) is 84.6 Å². The van der Waals surface area contributed by atoms with Crippen LogP contribution in [0.1, 0.15) is 61.3 Å². The van der Waals surface area contributed by atoms with Crippen LogP contribution in [-0.4, -0.2) is 32.0 Å². The first kappa shape index (κ1) is 26.8. The summed E-state index contributed by atoms with van der Waals surface area (Å²) in [4.78, 5) is 0. The Hall–Kier alpha value is -2.83. The highest BCUT2D eigenvalue weighted by Crippen LogP contribution is 2.39. The number of benzene rings is 3. The van der Waals surface area contributed by atoms with E-state index in [1.165, 1.54) is 0 Å². The topological polar surface area (TPSA) is 46.2 Å². The van der Waals surface area contributed by atoms with Gasteiger partial charge in [0.05, 0.1) is 19.8 Å². The van der Waals surface area contributed by atoms with Gasteiger partial charge in [0, 0.05) is 10.6 Å². The van der Waals surface area contributed by atoms with Crippen LogP contribution in [0, 0.1) is 0 Å². The molecule has 1 saturated heterocycles. The standard InChI is InChI=1S/C32H35ClO5/c1-3-5-17-35-29-20-28(37-30-21-36-32(38-31(29)30)23-9-7-6-8-10-23)24-13-16-27(33)25(19-24)18-22-11-14-26(15-12-22)34-4-2/h6-16,19-20,28,30-32H,3-5,17-18,21H2,1-2H3. The third-order valence-electron chi connectivity index (χ3n) is 6.80. The average molecular weight is 535 g/mol. The lowest BCUT2D eigenvalue weighted by Crippen LogP contribution is -2.46. The van der Waals surface area contributed by atoms with Crippen molar-refractivity contribution in [3.05, 3.63) is 112 Å². The van der Waals surface area contributed by atoms with Crippen molar-refractivity contribution in [1.82, 2.24) is 0 Å². The van der Waals surface area contributed by atoms with Crippen LogP contribution < -0.4 is 4.74 Å². The average Bonchev–Trinajstić information content (AvgIpc) is 2.95. The first-order valence-corrected chi connectivity index (χ1v) is 13.8. The second kappa shape index (κ2) is 12.8. The van der Waals surface area contributed by atoms with Crippen LogP contribution in [0.4, 0.5) is 0 Å². The predicted octanol–water partition coefficient (Wildman–Crippen LogP) is 7.58. The SMILES string of the molecule is CCCCOC1=CC(c2ccc(Cl)c(Cc3ccc(OCC)cc3)c2)OC2COC(c3ccccc3)OC12. The predicted molar refractivity (Wildman–Crippen MR) is 148 cm³/mol. The second-order valence-electron chi connectivity index (χ2n) is 9.60. The largest absolute Gasteiger partial charge is 0.495 e. The van der Waals surface area contributed by atoms with Crippen molar-refractivity contribution in [1.29, 1.82) is 0 Å². The molecule has 200 valence electrons. The van der Waals surface area contributed by atoms with E-state index in [0.717, 1.165) is 51.6 Å². The summed E-state index contributed by atoms with van der Waals surface area (Å²) < 4.78 is 30.8. The number of fused-ring (bicyclic) bond motifs is 1. The fourth-order valence-electron chi connectivity index (χ4n) is 4.78. The number of unbranched alkanes of at least 4 members (excludes halogenated alkanes) is 1. The molecule has 0 radical (unpaired) electrons. The quantitative estimate of drug-likeness (QED) is 0.251. The molecule has 3 aromatic rings. The molecule has 38 heavy (non-hydrogen) atoms. The molecule has 0 aliphatic carbocycles. The molecular weight excluding hydrogens is 500 g/mol. The van der Waals surface area contributed by atoms with Gasteiger partial charge in [-0.2, -0.15) is 0 Å². The smallest absolute Gasteiger partial charge is 0.184 e. The Morgan fingerprint density at radius 3 is 2.47 bits per heavy atom. The minimum Gasteiger partial charge on any atom is -0.495 e. The van der Waals surface area contributed by atoms with E-state index in [4.69, 9.17) is 35.3 Å². The molecule has 6 heteroatoms. The Bertz CT molecular complexity index is 1210. The summed E-state index contributed by atoms with van der Waals surface area (Å²) in [6.07, 6.45) is 3.47. The molecule has 4 unspecified atom stereocenters. The molecule has 0 saturated carbocycles. The first-order valence-electron chi connectivity index (χ1n) is 13.5. The lowest BCUT2D eigenvalue weighted by atomic mass is 9.97. The maximum absolute atomic E-state index is 6.62. The van der Waals surface area contributed by atoms with E-state index in [0.29, 0.717) is 26.2 Å². The molecule has 5 rings (SSSR count). The van der Waals surface area contributed by atoms with E-state index in [1.54, 1.807) is 0 Å². The van der Waals surface area contributed by atoms with Crippen molar-refractivity contribution in [2.45, 2.75) is 57.7 Å². The van der Waals surface area contributed by atoms with Crippen LogP contribution in [0.25, 0.3) is 0 Å². The van der Waals surface area contributed by atoms with Gasteiger partial charge in [0.25, 0.3) is 0 Å². The zero-order valence-electron chi connectivity index (χ0n) is 22.0. The highest BCUT2D eigenvalue weighted by atomic mass is 35.5. The van der Waals surface area contributed by atoms with E-state index in [9.17, 15) is 0 Å². The lowest BCUT2D eigenvalue weighted by Gasteiger charge is -2.41. The highest BCUT2D eigenvalue weighted by molar-refractivity contribution is 6.31. The molecule has 0 aromatic heterocycles. The van der Waals surface area contributed by atoms with Crippen LogP contribution in [0.2, 0.25) is 5.02 Å². The summed E-state index contributed by atoms with van der Waals surface area (Å²) in [5.41, 5.74) is 4.21. The van der Waals surface area contributed by atoms with Crippen molar-refractivity contribution in [2.24, 2.45) is 0 Å². The molecule has 4 atom stereocenters. The van der Waals surface area contributed by atoms with Gasteiger partial charge in [-0.25, -0.2) is 0 Å². The molecule has 0 bridgehead atoms. The van der Waals surface area contributed by atoms with E-state index in [1.807, 2.05) is 67.6 Å². The molecule has 0 N–H and O–H groups in total. The Morgan fingerprint density at radius 2 is 1.71 bits per heavy atom. The molecular formula is C32H35ClO5. The Labute approximate surface area is 230 Å². The molecule has 3 aromatic carbocycles. The van der Waals surface area contributed by atoms with Crippen LogP contribution >= 0.6 is 11.6 Å². The lowest BCUT2D eigenvalue weighted by molar-refractivity contribution is -0.274. The first-order chi connectivity index (χ1) is 18.6. The molecule has 5 nitrogen and oxygen atoms in total. The Morgan fingerprint density at radius 1 is 0.895 bits per heavy atom. The summed E-state index contributed by atoms with van der Waals surface area (Å²) in [7, 11) is 0. The Balaban J connectivity index is 1.37. The minimum atomic E-state index is -0.452. The monoisotopic (exact) mass is 534 g/mol. The van der Waals surface area contributed by atoms with Crippen molar-refractivity contribution >= 4 is 11.6 Å². The van der Waals surface area contributed by atoms with E-state index in [-0.39, 0.29) is 18.3 Å². The van der Waals surface area contributed by atoms with Crippen LogP contribution in [-0.2, 0) is 25.4 Å². The molecule has 0 spiro atoms. The minimum absolute atomic E-state index is 0.271. The molecule has 2 aliphatic rings. The molecule has 2 heterocycles. The number of ether oxygens (including phenoxy) is 5. The van der Waals surface area contributed by atoms with Crippen LogP contribution in [0.5, 0.6) is 5.75 Å². The van der Waals surface area contributed by atoms with Crippen LogP contribution in [0.3, 0.4) is 0 Å². The van der Waals surface area contributed by atoms with Gasteiger partial charge < -0.3 is 23.7 Å². The molecule has 0 amide bonds. The third-order valence-corrected chi connectivity index (χ3v) is 7.17. The van der Waals surface area contributed by atoms with Gasteiger partial charge in [0.15, 0.2) is 6.29 Å². The zero-order chi connectivity index (χ0) is 26.3. The fourth-order valence-corrected chi connectivity index (χ4v) is 4.97. The van der Waals surface area contributed by atoms with Gasteiger partial charge in [-0.3, -0.25) is 0 Å². The fraction of sp³-hybridized carbons (Fsp3) is 0.375. The summed E-state index contributed by atoms with van der Waals surface area (Å²) in [5.74, 6) is 1.68.